The fraction of sp³-hybridized carbons (Fsp3) is 0.455. The molecule has 4 nitrogen and oxygen atoms in total. The highest BCUT2D eigenvalue weighted by Gasteiger charge is 2.72. The van der Waals surface area contributed by atoms with E-state index < -0.39 is 17.7 Å². The van der Waals surface area contributed by atoms with Crippen LogP contribution in [0.5, 0.6) is 0 Å². The molecule has 3 heterocycles. The first-order valence-corrected chi connectivity index (χ1v) is 9.82. The zero-order valence-electron chi connectivity index (χ0n) is 16.0. The Morgan fingerprint density at radius 3 is 2.62 bits per heavy atom. The van der Waals surface area contributed by atoms with E-state index in [1.807, 2.05) is 19.1 Å². The van der Waals surface area contributed by atoms with Gasteiger partial charge in [0.1, 0.15) is 0 Å². The molecule has 0 spiro atoms. The van der Waals surface area contributed by atoms with E-state index in [9.17, 15) is 18.0 Å². The summed E-state index contributed by atoms with van der Waals surface area (Å²) >= 11 is 0. The van der Waals surface area contributed by atoms with Gasteiger partial charge in [-0.2, -0.15) is 13.2 Å². The Kier molecular flexibility index (Phi) is 4.04. The molecule has 7 atom stereocenters. The first kappa shape index (κ1) is 18.6. The second kappa shape index (κ2) is 6.29. The summed E-state index contributed by atoms with van der Waals surface area (Å²) in [6, 6.07) is 8.64. The Bertz CT molecular complexity index is 977. The second-order valence-electron chi connectivity index (χ2n) is 8.43. The van der Waals surface area contributed by atoms with E-state index in [4.69, 9.17) is 4.74 Å². The number of hydrogen-bond acceptors (Lipinski definition) is 3. The van der Waals surface area contributed by atoms with Gasteiger partial charge in [0.25, 0.3) is 0 Å². The smallest absolute Gasteiger partial charge is 0.373 e. The molecule has 1 aromatic heterocycles. The Balaban J connectivity index is 1.45. The topological polar surface area (TPSA) is 51.2 Å². The number of fused-ring (bicyclic) bond motifs is 5. The molecule has 1 aromatic carbocycles. The number of hydrogen-bond donors (Lipinski definition) is 1. The molecule has 3 unspecified atom stereocenters. The number of amides is 1. The van der Waals surface area contributed by atoms with Crippen molar-refractivity contribution in [3.8, 4) is 0 Å². The molecule has 5 rings (SSSR count). The largest absolute Gasteiger partial charge is 0.416 e. The quantitative estimate of drug-likeness (QED) is 0.828. The number of carbonyl (C=O) groups excluding carboxylic acids is 1. The third-order valence-corrected chi connectivity index (χ3v) is 6.75. The molecule has 0 radical (unpaired) electrons. The van der Waals surface area contributed by atoms with Crippen LogP contribution in [0, 0.1) is 30.6 Å². The van der Waals surface area contributed by atoms with Crippen molar-refractivity contribution in [1.82, 2.24) is 4.98 Å². The number of nitrogens with one attached hydrogen (secondary N) is 1. The minimum atomic E-state index is -4.45. The van der Waals surface area contributed by atoms with Gasteiger partial charge in [-0.15, -0.1) is 0 Å². The van der Waals surface area contributed by atoms with Crippen LogP contribution in [0.2, 0.25) is 0 Å². The van der Waals surface area contributed by atoms with Gasteiger partial charge in [-0.1, -0.05) is 13.0 Å². The number of pyridine rings is 1. The van der Waals surface area contributed by atoms with Gasteiger partial charge >= 0.3 is 6.18 Å². The first-order chi connectivity index (χ1) is 13.8. The summed E-state index contributed by atoms with van der Waals surface area (Å²) in [6.07, 6.45) is -2.95. The highest BCUT2D eigenvalue weighted by atomic mass is 19.4. The lowest BCUT2D eigenvalue weighted by molar-refractivity contribution is -0.137. The minimum absolute atomic E-state index is 0.0286. The number of halogens is 3. The zero-order valence-corrected chi connectivity index (χ0v) is 16.0. The lowest BCUT2D eigenvalue weighted by atomic mass is 9.75. The van der Waals surface area contributed by atoms with Crippen molar-refractivity contribution in [1.29, 1.82) is 0 Å². The average Bonchev–Trinajstić information content (AvgIpc) is 3.03. The van der Waals surface area contributed by atoms with Crippen LogP contribution >= 0.6 is 0 Å². The number of carbonyl (C=O) groups is 1. The van der Waals surface area contributed by atoms with Gasteiger partial charge in [-0.3, -0.25) is 9.78 Å². The van der Waals surface area contributed by atoms with E-state index in [2.05, 4.69) is 17.2 Å². The SMILES string of the molecule is Cc1cc([C@@H]2[C@@H](C(=O)Nc3cccc(C(F)(F)F)c3)[C@@H]3O[C@H]2C2C(C)C23)ccn1. The maximum Gasteiger partial charge on any atom is 0.416 e. The van der Waals surface area contributed by atoms with Crippen molar-refractivity contribution in [2.24, 2.45) is 23.7 Å². The van der Waals surface area contributed by atoms with E-state index in [1.165, 1.54) is 12.1 Å². The highest BCUT2D eigenvalue weighted by molar-refractivity contribution is 5.94. The van der Waals surface area contributed by atoms with E-state index in [0.29, 0.717) is 17.8 Å². The normalized spacial score (nSPS) is 34.7. The van der Waals surface area contributed by atoms with Crippen LogP contribution in [0.3, 0.4) is 0 Å². The van der Waals surface area contributed by atoms with Crippen LogP contribution in [-0.4, -0.2) is 23.1 Å². The molecule has 2 aromatic rings. The van der Waals surface area contributed by atoms with Crippen LogP contribution in [0.4, 0.5) is 18.9 Å². The van der Waals surface area contributed by atoms with Gasteiger partial charge in [0.2, 0.25) is 5.91 Å². The van der Waals surface area contributed by atoms with Gasteiger partial charge in [-0.05, 0) is 60.6 Å². The average molecular weight is 402 g/mol. The number of ether oxygens (including phenoxy) is 1. The predicted octanol–water partition coefficient (Wildman–Crippen LogP) is 4.41. The molecule has 2 bridgehead atoms. The molecule has 29 heavy (non-hydrogen) atoms. The first-order valence-electron chi connectivity index (χ1n) is 9.82. The minimum Gasteiger partial charge on any atom is -0.373 e. The second-order valence-corrected chi connectivity index (χ2v) is 8.43. The summed E-state index contributed by atoms with van der Waals surface area (Å²) in [5.41, 5.74) is 1.24. The fourth-order valence-corrected chi connectivity index (χ4v) is 5.46. The number of alkyl halides is 3. The summed E-state index contributed by atoms with van der Waals surface area (Å²) in [6.45, 7) is 4.08. The van der Waals surface area contributed by atoms with E-state index in [0.717, 1.165) is 23.4 Å². The third-order valence-electron chi connectivity index (χ3n) is 6.75. The van der Waals surface area contributed by atoms with Crippen molar-refractivity contribution in [2.75, 3.05) is 5.32 Å². The van der Waals surface area contributed by atoms with E-state index >= 15 is 0 Å². The van der Waals surface area contributed by atoms with Gasteiger partial charge in [-0.25, -0.2) is 0 Å². The molecule has 1 N–H and O–H groups in total. The number of aryl methyl sites for hydroxylation is 1. The van der Waals surface area contributed by atoms with Crippen molar-refractivity contribution >= 4 is 11.6 Å². The molecule has 1 aliphatic carbocycles. The Morgan fingerprint density at radius 2 is 1.90 bits per heavy atom. The standard InChI is InChI=1S/C22H21F3N2O2/c1-10-8-12(6-7-26-10)17-18(20-16-11(2)15(16)19(17)29-20)21(28)27-14-5-3-4-13(9-14)22(23,24)25/h3-9,11,15-20H,1-2H3,(H,27,28)/t11?,15?,16?,17-,18-,19+,20-/m1/s1. The molecule has 2 saturated heterocycles. The van der Waals surface area contributed by atoms with E-state index in [-0.39, 0.29) is 29.7 Å². The number of rotatable bonds is 3. The lowest BCUT2D eigenvalue weighted by Gasteiger charge is -2.27. The van der Waals surface area contributed by atoms with Crippen LogP contribution in [0.15, 0.2) is 42.6 Å². The molecule has 2 aliphatic heterocycles. The number of aromatic nitrogens is 1. The molecule has 3 fully saturated rings. The maximum atomic E-state index is 13.2. The fourth-order valence-electron chi connectivity index (χ4n) is 5.46. The summed E-state index contributed by atoms with van der Waals surface area (Å²) in [5, 5.41) is 2.71. The molecular weight excluding hydrogens is 381 g/mol. The summed E-state index contributed by atoms with van der Waals surface area (Å²) in [7, 11) is 0. The van der Waals surface area contributed by atoms with Crippen molar-refractivity contribution in [3.63, 3.8) is 0 Å². The third kappa shape index (κ3) is 2.94. The summed E-state index contributed by atoms with van der Waals surface area (Å²) < 4.78 is 45.2. The number of nitrogens with zero attached hydrogens (tertiary/aromatic N) is 1. The van der Waals surface area contributed by atoms with Crippen molar-refractivity contribution < 1.29 is 22.7 Å². The summed E-state index contributed by atoms with van der Waals surface area (Å²) in [5.74, 6) is 0.498. The molecule has 1 amide bonds. The highest BCUT2D eigenvalue weighted by Crippen LogP contribution is 2.68. The van der Waals surface area contributed by atoms with Gasteiger partial charge < -0.3 is 10.1 Å². The van der Waals surface area contributed by atoms with Crippen LogP contribution < -0.4 is 5.32 Å². The van der Waals surface area contributed by atoms with Gasteiger partial charge in [0.05, 0.1) is 23.7 Å². The zero-order chi connectivity index (χ0) is 20.5. The Labute approximate surface area is 166 Å². The molecular formula is C22H21F3N2O2. The predicted molar refractivity (Wildman–Crippen MR) is 100 cm³/mol. The molecule has 3 aliphatic rings. The Hall–Kier alpha value is -2.41. The van der Waals surface area contributed by atoms with Gasteiger partial charge in [0, 0.05) is 23.5 Å². The summed E-state index contributed by atoms with van der Waals surface area (Å²) in [4.78, 5) is 17.5. The maximum absolute atomic E-state index is 13.2. The Morgan fingerprint density at radius 1 is 1.14 bits per heavy atom. The van der Waals surface area contributed by atoms with Crippen molar-refractivity contribution in [3.05, 3.63) is 59.4 Å². The van der Waals surface area contributed by atoms with E-state index in [1.54, 1.807) is 6.20 Å². The van der Waals surface area contributed by atoms with Crippen LogP contribution in [0.1, 0.15) is 29.7 Å². The molecule has 7 heteroatoms. The monoisotopic (exact) mass is 402 g/mol. The van der Waals surface area contributed by atoms with Gasteiger partial charge in [0.15, 0.2) is 0 Å². The number of anilines is 1. The lowest BCUT2D eigenvalue weighted by Crippen LogP contribution is -2.37. The van der Waals surface area contributed by atoms with Crippen LogP contribution in [0.25, 0.3) is 0 Å². The number of benzene rings is 1. The molecule has 1 saturated carbocycles. The van der Waals surface area contributed by atoms with Crippen LogP contribution in [-0.2, 0) is 15.7 Å². The molecule has 152 valence electrons. The van der Waals surface area contributed by atoms with Crippen molar-refractivity contribution in [2.45, 2.75) is 38.1 Å².